The molecule has 0 atom stereocenters. The molecule has 0 fully saturated rings. The van der Waals surface area contributed by atoms with Crippen molar-refractivity contribution in [3.63, 3.8) is 0 Å². The Morgan fingerprint density at radius 3 is 2.61 bits per heavy atom. The van der Waals surface area contributed by atoms with Gasteiger partial charge >= 0.3 is 0 Å². The van der Waals surface area contributed by atoms with Crippen LogP contribution in [0.4, 0.5) is 5.69 Å². The minimum absolute atomic E-state index is 0.938. The fourth-order valence-corrected chi connectivity index (χ4v) is 2.35. The van der Waals surface area contributed by atoms with Crippen molar-refractivity contribution in [2.45, 2.75) is 39.7 Å². The van der Waals surface area contributed by atoms with Crippen molar-refractivity contribution in [2.75, 3.05) is 25.0 Å². The fraction of sp³-hybridized carbons (Fsp3) is 0.600. The van der Waals surface area contributed by atoms with Gasteiger partial charge < -0.3 is 10.2 Å². The van der Waals surface area contributed by atoms with Crippen LogP contribution < -0.4 is 10.2 Å². The number of benzene rings is 1. The molecule has 0 aromatic heterocycles. The third-order valence-corrected chi connectivity index (χ3v) is 3.80. The summed E-state index contributed by atoms with van der Waals surface area (Å²) in [5.41, 5.74) is 2.62. The maximum absolute atomic E-state index is 3.67. The zero-order chi connectivity index (χ0) is 13.4. The molecule has 1 aromatic rings. The molecule has 2 nitrogen and oxygen atoms in total. The van der Waals surface area contributed by atoms with Crippen LogP contribution in [0.5, 0.6) is 0 Å². The first-order valence-electron chi connectivity index (χ1n) is 6.89. The first-order valence-corrected chi connectivity index (χ1v) is 7.68. The average Bonchev–Trinajstić information content (AvgIpc) is 2.38. The predicted molar refractivity (Wildman–Crippen MR) is 84.3 cm³/mol. The molecule has 0 spiro atoms. The Hall–Kier alpha value is -0.540. The highest BCUT2D eigenvalue weighted by Crippen LogP contribution is 2.23. The summed E-state index contributed by atoms with van der Waals surface area (Å²) in [7, 11) is 2.16. The van der Waals surface area contributed by atoms with E-state index in [1.165, 1.54) is 35.0 Å². The smallest absolute Gasteiger partial charge is 0.0375 e. The normalized spacial score (nSPS) is 10.7. The lowest BCUT2D eigenvalue weighted by atomic mass is 10.2. The van der Waals surface area contributed by atoms with E-state index in [-0.39, 0.29) is 0 Å². The van der Waals surface area contributed by atoms with Crippen LogP contribution in [0, 0.1) is 0 Å². The van der Waals surface area contributed by atoms with E-state index in [1.807, 2.05) is 0 Å². The van der Waals surface area contributed by atoms with E-state index in [0.29, 0.717) is 0 Å². The lowest BCUT2D eigenvalue weighted by Gasteiger charge is -2.20. The molecule has 1 aromatic carbocycles. The van der Waals surface area contributed by atoms with Crippen molar-refractivity contribution in [3.8, 4) is 0 Å². The largest absolute Gasteiger partial charge is 0.375 e. The number of unbranched alkanes of at least 4 members (excludes halogenated alkanes) is 1. The number of hydrogen-bond donors (Lipinski definition) is 1. The van der Waals surface area contributed by atoms with Crippen molar-refractivity contribution >= 4 is 21.6 Å². The van der Waals surface area contributed by atoms with Crippen molar-refractivity contribution in [1.29, 1.82) is 0 Å². The Balaban J connectivity index is 2.60. The van der Waals surface area contributed by atoms with Crippen LogP contribution in [0.15, 0.2) is 22.7 Å². The molecule has 1 rings (SSSR count). The van der Waals surface area contributed by atoms with Gasteiger partial charge in [0, 0.05) is 30.3 Å². The standard InChI is InChI=1S/C15H25BrN2/c1-4-6-10-18(3)14-8-7-13(15(16)11-14)12-17-9-5-2/h7-8,11,17H,4-6,9-10,12H2,1-3H3. The van der Waals surface area contributed by atoms with Gasteiger partial charge in [0.15, 0.2) is 0 Å². The summed E-state index contributed by atoms with van der Waals surface area (Å²) in [6.07, 6.45) is 3.66. The summed E-state index contributed by atoms with van der Waals surface area (Å²) in [6.45, 7) is 7.55. The topological polar surface area (TPSA) is 15.3 Å². The quantitative estimate of drug-likeness (QED) is 0.724. The molecule has 18 heavy (non-hydrogen) atoms. The molecule has 0 bridgehead atoms. The minimum atomic E-state index is 0.938. The van der Waals surface area contributed by atoms with Gasteiger partial charge in [-0.25, -0.2) is 0 Å². The summed E-state index contributed by atoms with van der Waals surface area (Å²) in [5.74, 6) is 0. The van der Waals surface area contributed by atoms with E-state index < -0.39 is 0 Å². The molecule has 0 radical (unpaired) electrons. The van der Waals surface area contributed by atoms with Gasteiger partial charge in [-0.15, -0.1) is 0 Å². The maximum Gasteiger partial charge on any atom is 0.0375 e. The van der Waals surface area contributed by atoms with E-state index in [9.17, 15) is 0 Å². The summed E-state index contributed by atoms with van der Waals surface area (Å²) in [4.78, 5) is 2.32. The minimum Gasteiger partial charge on any atom is -0.375 e. The predicted octanol–water partition coefficient (Wildman–Crippen LogP) is 4.19. The van der Waals surface area contributed by atoms with Crippen LogP contribution in [0.3, 0.4) is 0 Å². The Kier molecular flexibility index (Phi) is 7.36. The van der Waals surface area contributed by atoms with E-state index in [0.717, 1.165) is 19.6 Å². The Labute approximate surface area is 120 Å². The van der Waals surface area contributed by atoms with Gasteiger partial charge in [-0.3, -0.25) is 0 Å². The van der Waals surface area contributed by atoms with Crippen LogP contribution >= 0.6 is 15.9 Å². The first-order chi connectivity index (χ1) is 8.69. The van der Waals surface area contributed by atoms with E-state index in [1.54, 1.807) is 0 Å². The molecule has 0 aliphatic carbocycles. The van der Waals surface area contributed by atoms with Crippen molar-refractivity contribution in [2.24, 2.45) is 0 Å². The second kappa shape index (κ2) is 8.54. The summed E-state index contributed by atoms with van der Waals surface area (Å²) < 4.78 is 1.20. The van der Waals surface area contributed by atoms with Gasteiger partial charge in [0.05, 0.1) is 0 Å². The van der Waals surface area contributed by atoms with Gasteiger partial charge in [0.25, 0.3) is 0 Å². The van der Waals surface area contributed by atoms with Crippen LogP contribution in [-0.2, 0) is 6.54 Å². The summed E-state index contributed by atoms with van der Waals surface area (Å²) >= 11 is 3.67. The molecule has 0 unspecified atom stereocenters. The maximum atomic E-state index is 3.67. The van der Waals surface area contributed by atoms with E-state index in [2.05, 4.69) is 65.2 Å². The van der Waals surface area contributed by atoms with E-state index in [4.69, 9.17) is 0 Å². The zero-order valence-corrected chi connectivity index (χ0v) is 13.4. The molecule has 102 valence electrons. The van der Waals surface area contributed by atoms with Crippen LogP contribution in [0.1, 0.15) is 38.7 Å². The fourth-order valence-electron chi connectivity index (χ4n) is 1.84. The number of anilines is 1. The highest BCUT2D eigenvalue weighted by Gasteiger charge is 2.04. The van der Waals surface area contributed by atoms with Gasteiger partial charge in [0.2, 0.25) is 0 Å². The highest BCUT2D eigenvalue weighted by atomic mass is 79.9. The molecule has 0 saturated carbocycles. The molecule has 0 saturated heterocycles. The molecular formula is C15H25BrN2. The molecule has 1 N–H and O–H groups in total. The lowest BCUT2D eigenvalue weighted by Crippen LogP contribution is -2.18. The number of hydrogen-bond acceptors (Lipinski definition) is 2. The third-order valence-electron chi connectivity index (χ3n) is 3.07. The Bertz CT molecular complexity index is 352. The SMILES string of the molecule is CCCCN(C)c1ccc(CNCCC)c(Br)c1. The molecule has 3 heteroatoms. The lowest BCUT2D eigenvalue weighted by molar-refractivity contribution is 0.674. The van der Waals surface area contributed by atoms with Gasteiger partial charge in [-0.1, -0.05) is 42.3 Å². The van der Waals surface area contributed by atoms with Crippen molar-refractivity contribution in [1.82, 2.24) is 5.32 Å². The number of nitrogens with one attached hydrogen (secondary N) is 1. The summed E-state index contributed by atoms with van der Waals surface area (Å²) in [5, 5.41) is 3.43. The summed E-state index contributed by atoms with van der Waals surface area (Å²) in [6, 6.07) is 6.65. The molecule has 0 amide bonds. The molecule has 0 aliphatic rings. The zero-order valence-electron chi connectivity index (χ0n) is 11.8. The molecular weight excluding hydrogens is 288 g/mol. The van der Waals surface area contributed by atoms with E-state index >= 15 is 0 Å². The molecule has 0 heterocycles. The van der Waals surface area contributed by atoms with Gasteiger partial charge in [-0.2, -0.15) is 0 Å². The Morgan fingerprint density at radius 1 is 1.22 bits per heavy atom. The van der Waals surface area contributed by atoms with Gasteiger partial charge in [-0.05, 0) is 37.1 Å². The molecule has 0 aliphatic heterocycles. The van der Waals surface area contributed by atoms with Gasteiger partial charge in [0.1, 0.15) is 0 Å². The monoisotopic (exact) mass is 312 g/mol. The number of nitrogens with zero attached hydrogens (tertiary/aromatic N) is 1. The van der Waals surface area contributed by atoms with Crippen LogP contribution in [-0.4, -0.2) is 20.1 Å². The van der Waals surface area contributed by atoms with Crippen LogP contribution in [0.2, 0.25) is 0 Å². The average molecular weight is 313 g/mol. The van der Waals surface area contributed by atoms with Crippen LogP contribution in [0.25, 0.3) is 0 Å². The number of halogens is 1. The third kappa shape index (κ3) is 4.99. The number of rotatable bonds is 8. The highest BCUT2D eigenvalue weighted by molar-refractivity contribution is 9.10. The Morgan fingerprint density at radius 2 is 2.00 bits per heavy atom. The second-order valence-electron chi connectivity index (χ2n) is 4.73. The second-order valence-corrected chi connectivity index (χ2v) is 5.58. The first kappa shape index (κ1) is 15.5. The van der Waals surface area contributed by atoms with Crippen molar-refractivity contribution < 1.29 is 0 Å². The van der Waals surface area contributed by atoms with Crippen molar-refractivity contribution in [3.05, 3.63) is 28.2 Å².